The van der Waals surface area contributed by atoms with Gasteiger partial charge in [0.15, 0.2) is 5.78 Å². The van der Waals surface area contributed by atoms with Crippen molar-refractivity contribution in [3.63, 3.8) is 0 Å². The fourth-order valence-corrected chi connectivity index (χ4v) is 2.21. The van der Waals surface area contributed by atoms with Gasteiger partial charge in [0, 0.05) is 18.7 Å². The van der Waals surface area contributed by atoms with E-state index in [0.29, 0.717) is 6.61 Å². The number of carbonyl (C=O) groups is 1. The standard InChI is InChI=1S/C14H19NO2/c1-11-10-15(8-9-17-11)12(2)14(16)13-6-4-3-5-7-13/h3-7,11-12H,8-10H2,1-2H3. The lowest BCUT2D eigenvalue weighted by Crippen LogP contribution is -2.48. The maximum absolute atomic E-state index is 12.3. The van der Waals surface area contributed by atoms with Gasteiger partial charge in [-0.3, -0.25) is 9.69 Å². The van der Waals surface area contributed by atoms with E-state index in [1.165, 1.54) is 0 Å². The van der Waals surface area contributed by atoms with E-state index in [1.54, 1.807) is 0 Å². The molecule has 0 bridgehead atoms. The Labute approximate surface area is 102 Å². The van der Waals surface area contributed by atoms with E-state index >= 15 is 0 Å². The number of rotatable bonds is 3. The molecular formula is C14H19NO2. The highest BCUT2D eigenvalue weighted by Crippen LogP contribution is 2.13. The van der Waals surface area contributed by atoms with Crippen LogP contribution in [-0.2, 0) is 4.74 Å². The summed E-state index contributed by atoms with van der Waals surface area (Å²) in [6.45, 7) is 6.41. The van der Waals surface area contributed by atoms with Crippen LogP contribution in [0.15, 0.2) is 30.3 Å². The lowest BCUT2D eigenvalue weighted by molar-refractivity contribution is -0.0277. The highest BCUT2D eigenvalue weighted by molar-refractivity contribution is 5.99. The summed E-state index contributed by atoms with van der Waals surface area (Å²) in [5.74, 6) is 0.194. The average Bonchev–Trinajstić information content (AvgIpc) is 2.38. The number of ether oxygens (including phenoxy) is 1. The molecule has 1 aromatic carbocycles. The Morgan fingerprint density at radius 2 is 2.12 bits per heavy atom. The molecule has 0 aromatic heterocycles. The second kappa shape index (κ2) is 5.43. The molecule has 3 nitrogen and oxygen atoms in total. The molecule has 1 aromatic rings. The Morgan fingerprint density at radius 3 is 2.76 bits per heavy atom. The van der Waals surface area contributed by atoms with Crippen molar-refractivity contribution in [2.24, 2.45) is 0 Å². The second-order valence-electron chi connectivity index (χ2n) is 4.58. The Morgan fingerprint density at radius 1 is 1.41 bits per heavy atom. The van der Waals surface area contributed by atoms with Crippen molar-refractivity contribution in [1.29, 1.82) is 0 Å². The van der Waals surface area contributed by atoms with Crippen LogP contribution in [0.4, 0.5) is 0 Å². The summed E-state index contributed by atoms with van der Waals surface area (Å²) in [5.41, 5.74) is 0.791. The SMILES string of the molecule is CC1CN(C(C)C(=O)c2ccccc2)CCO1. The van der Waals surface area contributed by atoms with Gasteiger partial charge in [-0.25, -0.2) is 0 Å². The number of morpholine rings is 1. The first-order valence-electron chi connectivity index (χ1n) is 6.13. The van der Waals surface area contributed by atoms with Crippen molar-refractivity contribution in [2.45, 2.75) is 26.0 Å². The molecule has 1 heterocycles. The van der Waals surface area contributed by atoms with Crippen LogP contribution < -0.4 is 0 Å². The topological polar surface area (TPSA) is 29.5 Å². The van der Waals surface area contributed by atoms with Crippen LogP contribution in [-0.4, -0.2) is 42.5 Å². The molecule has 0 saturated carbocycles. The summed E-state index contributed by atoms with van der Waals surface area (Å²) in [4.78, 5) is 14.5. The lowest BCUT2D eigenvalue weighted by atomic mass is 10.0. The van der Waals surface area contributed by atoms with Gasteiger partial charge < -0.3 is 4.74 Å². The van der Waals surface area contributed by atoms with Crippen LogP contribution in [0.1, 0.15) is 24.2 Å². The van der Waals surface area contributed by atoms with Gasteiger partial charge in [-0.15, -0.1) is 0 Å². The first kappa shape index (κ1) is 12.3. The largest absolute Gasteiger partial charge is 0.376 e. The van der Waals surface area contributed by atoms with Gasteiger partial charge in [-0.2, -0.15) is 0 Å². The minimum absolute atomic E-state index is 0.0660. The van der Waals surface area contributed by atoms with Crippen LogP contribution in [0.3, 0.4) is 0 Å². The molecule has 0 radical (unpaired) electrons. The summed E-state index contributed by atoms with van der Waals surface area (Å²) in [6, 6.07) is 9.43. The highest BCUT2D eigenvalue weighted by Gasteiger charge is 2.26. The van der Waals surface area contributed by atoms with Gasteiger partial charge in [0.2, 0.25) is 0 Å². The fraction of sp³-hybridized carbons (Fsp3) is 0.500. The Bertz CT molecular complexity index is 377. The summed E-state index contributed by atoms with van der Waals surface area (Å²) in [5, 5.41) is 0. The number of carbonyl (C=O) groups excluding carboxylic acids is 1. The third kappa shape index (κ3) is 2.93. The number of Topliss-reactive ketones (excluding diaryl/α,β-unsaturated/α-hetero) is 1. The Kier molecular flexibility index (Phi) is 3.92. The molecule has 92 valence electrons. The zero-order valence-electron chi connectivity index (χ0n) is 10.4. The zero-order valence-corrected chi connectivity index (χ0v) is 10.4. The predicted octanol–water partition coefficient (Wildman–Crippen LogP) is 1.98. The van der Waals surface area contributed by atoms with Gasteiger partial charge in [-0.05, 0) is 13.8 Å². The van der Waals surface area contributed by atoms with Gasteiger partial charge in [0.1, 0.15) is 0 Å². The summed E-state index contributed by atoms with van der Waals surface area (Å²) in [7, 11) is 0. The minimum Gasteiger partial charge on any atom is -0.376 e. The number of ketones is 1. The Hall–Kier alpha value is -1.19. The Balaban J connectivity index is 2.04. The second-order valence-corrected chi connectivity index (χ2v) is 4.58. The van der Waals surface area contributed by atoms with E-state index in [-0.39, 0.29) is 17.9 Å². The molecule has 17 heavy (non-hydrogen) atoms. The third-order valence-electron chi connectivity index (χ3n) is 3.26. The molecule has 3 heteroatoms. The molecule has 2 unspecified atom stereocenters. The first-order valence-corrected chi connectivity index (χ1v) is 6.13. The van der Waals surface area contributed by atoms with Crippen molar-refractivity contribution in [3.8, 4) is 0 Å². The maximum Gasteiger partial charge on any atom is 0.179 e. The highest BCUT2D eigenvalue weighted by atomic mass is 16.5. The number of benzene rings is 1. The molecule has 2 atom stereocenters. The van der Waals surface area contributed by atoms with Crippen molar-refractivity contribution < 1.29 is 9.53 Å². The maximum atomic E-state index is 12.3. The van der Waals surface area contributed by atoms with Crippen molar-refractivity contribution in [2.75, 3.05) is 19.7 Å². The van der Waals surface area contributed by atoms with Gasteiger partial charge >= 0.3 is 0 Å². The van der Waals surface area contributed by atoms with Gasteiger partial charge in [-0.1, -0.05) is 30.3 Å². The molecule has 0 aliphatic carbocycles. The van der Waals surface area contributed by atoms with Crippen LogP contribution in [0.5, 0.6) is 0 Å². The minimum atomic E-state index is -0.0660. The first-order chi connectivity index (χ1) is 8.18. The number of hydrogen-bond donors (Lipinski definition) is 0. The summed E-state index contributed by atoms with van der Waals surface area (Å²) < 4.78 is 5.49. The van der Waals surface area contributed by atoms with Crippen LogP contribution in [0, 0.1) is 0 Å². The number of hydrogen-bond acceptors (Lipinski definition) is 3. The van der Waals surface area contributed by atoms with Crippen LogP contribution >= 0.6 is 0 Å². The molecular weight excluding hydrogens is 214 g/mol. The zero-order chi connectivity index (χ0) is 12.3. The average molecular weight is 233 g/mol. The van der Waals surface area contributed by atoms with Crippen molar-refractivity contribution in [3.05, 3.63) is 35.9 Å². The van der Waals surface area contributed by atoms with E-state index in [1.807, 2.05) is 44.2 Å². The molecule has 2 rings (SSSR count). The summed E-state index contributed by atoms with van der Waals surface area (Å²) in [6.07, 6.45) is 0.217. The molecule has 0 amide bonds. The smallest absolute Gasteiger partial charge is 0.179 e. The lowest BCUT2D eigenvalue weighted by Gasteiger charge is -2.34. The van der Waals surface area contributed by atoms with E-state index in [9.17, 15) is 4.79 Å². The third-order valence-corrected chi connectivity index (χ3v) is 3.26. The normalized spacial score (nSPS) is 23.3. The molecule has 1 saturated heterocycles. The predicted molar refractivity (Wildman–Crippen MR) is 67.2 cm³/mol. The quantitative estimate of drug-likeness (QED) is 0.748. The van der Waals surface area contributed by atoms with Crippen LogP contribution in [0.2, 0.25) is 0 Å². The van der Waals surface area contributed by atoms with Gasteiger partial charge in [0.05, 0.1) is 18.8 Å². The summed E-state index contributed by atoms with van der Waals surface area (Å²) >= 11 is 0. The molecule has 1 aliphatic rings. The van der Waals surface area contributed by atoms with E-state index < -0.39 is 0 Å². The van der Waals surface area contributed by atoms with Crippen LogP contribution in [0.25, 0.3) is 0 Å². The van der Waals surface area contributed by atoms with E-state index in [0.717, 1.165) is 18.7 Å². The van der Waals surface area contributed by atoms with Crippen molar-refractivity contribution >= 4 is 5.78 Å². The fourth-order valence-electron chi connectivity index (χ4n) is 2.21. The van der Waals surface area contributed by atoms with E-state index in [2.05, 4.69) is 4.90 Å². The monoisotopic (exact) mass is 233 g/mol. The van der Waals surface area contributed by atoms with Crippen molar-refractivity contribution in [1.82, 2.24) is 4.90 Å². The molecule has 0 spiro atoms. The molecule has 1 fully saturated rings. The molecule has 1 aliphatic heterocycles. The molecule has 0 N–H and O–H groups in total. The number of nitrogens with zero attached hydrogens (tertiary/aromatic N) is 1. The van der Waals surface area contributed by atoms with E-state index in [4.69, 9.17) is 4.74 Å². The van der Waals surface area contributed by atoms with Gasteiger partial charge in [0.25, 0.3) is 0 Å².